The van der Waals surface area contributed by atoms with Gasteiger partial charge in [-0.2, -0.15) is 0 Å². The highest BCUT2D eigenvalue weighted by molar-refractivity contribution is 7.27. The van der Waals surface area contributed by atoms with Gasteiger partial charge in [0, 0.05) is 24.2 Å². The van der Waals surface area contributed by atoms with Crippen LogP contribution in [-0.4, -0.2) is 18.7 Å². The van der Waals surface area contributed by atoms with Gasteiger partial charge in [-0.3, -0.25) is 0 Å². The number of methoxy groups -OCH3 is 1. The Morgan fingerprint density at radius 2 is 2.04 bits per heavy atom. The first-order chi connectivity index (χ1) is 11.0. The van der Waals surface area contributed by atoms with Crippen LogP contribution in [0.1, 0.15) is 42.1 Å². The number of hydrogen-bond acceptors (Lipinski definition) is 3. The predicted molar refractivity (Wildman–Crippen MR) is 105 cm³/mol. The fourth-order valence-corrected chi connectivity index (χ4v) is 4.05. The normalized spacial score (nSPS) is 11.4. The van der Waals surface area contributed by atoms with E-state index in [1.54, 1.807) is 7.11 Å². The molecule has 0 aliphatic carbocycles. The SMILES string of the molecule is COCCCc1ccc(-c2nc(C)sc2CCC(C)C)cc1P. The Hall–Kier alpha value is -0.760. The topological polar surface area (TPSA) is 22.1 Å². The zero-order valence-corrected chi connectivity index (χ0v) is 16.7. The van der Waals surface area contributed by atoms with E-state index in [1.165, 1.54) is 33.4 Å². The summed E-state index contributed by atoms with van der Waals surface area (Å²) in [4.78, 5) is 6.22. The summed E-state index contributed by atoms with van der Waals surface area (Å²) in [5.74, 6) is 0.728. The van der Waals surface area contributed by atoms with Crippen LogP contribution in [0, 0.1) is 12.8 Å². The van der Waals surface area contributed by atoms with Gasteiger partial charge in [0.2, 0.25) is 0 Å². The van der Waals surface area contributed by atoms with Crippen molar-refractivity contribution in [2.75, 3.05) is 13.7 Å². The highest BCUT2D eigenvalue weighted by Crippen LogP contribution is 2.30. The van der Waals surface area contributed by atoms with Gasteiger partial charge in [-0.05, 0) is 55.5 Å². The predicted octanol–water partition coefficient (Wildman–Crippen LogP) is 4.79. The second-order valence-electron chi connectivity index (χ2n) is 6.45. The Kier molecular flexibility index (Phi) is 7.20. The monoisotopic (exact) mass is 349 g/mol. The maximum Gasteiger partial charge on any atom is 0.0904 e. The molecule has 0 aliphatic rings. The van der Waals surface area contributed by atoms with Crippen molar-refractivity contribution in [1.82, 2.24) is 4.98 Å². The first kappa shape index (κ1) is 18.6. The van der Waals surface area contributed by atoms with Crippen molar-refractivity contribution in [3.8, 4) is 11.3 Å². The van der Waals surface area contributed by atoms with Crippen LogP contribution in [0.3, 0.4) is 0 Å². The summed E-state index contributed by atoms with van der Waals surface area (Å²) in [6, 6.07) is 6.73. The van der Waals surface area contributed by atoms with Crippen molar-refractivity contribution >= 4 is 25.9 Å². The van der Waals surface area contributed by atoms with Crippen molar-refractivity contribution in [3.05, 3.63) is 33.6 Å². The molecular weight excluding hydrogens is 321 g/mol. The lowest BCUT2D eigenvalue weighted by Crippen LogP contribution is -2.04. The third kappa shape index (κ3) is 5.38. The van der Waals surface area contributed by atoms with E-state index in [9.17, 15) is 0 Å². The molecule has 126 valence electrons. The third-order valence-electron chi connectivity index (χ3n) is 3.97. The van der Waals surface area contributed by atoms with Gasteiger partial charge in [0.15, 0.2) is 0 Å². The summed E-state index contributed by atoms with van der Waals surface area (Å²) in [6.45, 7) is 7.48. The second-order valence-corrected chi connectivity index (χ2v) is 8.36. The highest BCUT2D eigenvalue weighted by atomic mass is 32.1. The molecule has 1 aromatic carbocycles. The maximum absolute atomic E-state index is 5.15. The van der Waals surface area contributed by atoms with Crippen molar-refractivity contribution in [1.29, 1.82) is 0 Å². The minimum absolute atomic E-state index is 0.728. The molecule has 1 unspecified atom stereocenters. The van der Waals surface area contributed by atoms with Gasteiger partial charge in [-0.1, -0.05) is 26.0 Å². The van der Waals surface area contributed by atoms with Gasteiger partial charge < -0.3 is 4.74 Å². The Morgan fingerprint density at radius 1 is 1.26 bits per heavy atom. The Balaban J connectivity index is 2.20. The molecule has 23 heavy (non-hydrogen) atoms. The molecule has 0 fully saturated rings. The molecule has 0 radical (unpaired) electrons. The van der Waals surface area contributed by atoms with Gasteiger partial charge in [-0.25, -0.2) is 4.98 Å². The van der Waals surface area contributed by atoms with Crippen molar-refractivity contribution in [3.63, 3.8) is 0 Å². The number of nitrogens with zero attached hydrogens (tertiary/aromatic N) is 1. The Labute approximate surface area is 146 Å². The van der Waals surface area contributed by atoms with Crippen LogP contribution >= 0.6 is 20.6 Å². The summed E-state index contributed by atoms with van der Waals surface area (Å²) in [6.07, 6.45) is 4.47. The first-order valence-corrected chi connectivity index (χ1v) is 9.74. The molecule has 2 nitrogen and oxygen atoms in total. The fraction of sp³-hybridized carbons (Fsp3) is 0.526. The number of ether oxygens (including phenoxy) is 1. The molecule has 2 rings (SSSR count). The van der Waals surface area contributed by atoms with Crippen LogP contribution in [0.4, 0.5) is 0 Å². The van der Waals surface area contributed by atoms with E-state index in [2.05, 4.69) is 48.2 Å². The lowest BCUT2D eigenvalue weighted by atomic mass is 10.0. The lowest BCUT2D eigenvalue weighted by Gasteiger charge is -2.09. The molecule has 0 spiro atoms. The van der Waals surface area contributed by atoms with Crippen LogP contribution in [0.2, 0.25) is 0 Å². The van der Waals surface area contributed by atoms with Crippen LogP contribution in [0.5, 0.6) is 0 Å². The van der Waals surface area contributed by atoms with Gasteiger partial charge in [0.25, 0.3) is 0 Å². The molecular formula is C19H28NOPS. The Morgan fingerprint density at radius 3 is 2.70 bits per heavy atom. The van der Waals surface area contributed by atoms with Crippen molar-refractivity contribution in [2.45, 2.75) is 46.5 Å². The molecule has 1 heterocycles. The van der Waals surface area contributed by atoms with Gasteiger partial charge >= 0.3 is 0 Å². The molecule has 1 aromatic heterocycles. The number of benzene rings is 1. The second kappa shape index (κ2) is 8.92. The largest absolute Gasteiger partial charge is 0.385 e. The molecule has 2 aromatic rings. The molecule has 4 heteroatoms. The molecule has 0 saturated carbocycles. The first-order valence-electron chi connectivity index (χ1n) is 8.35. The number of hydrogen-bond donors (Lipinski definition) is 0. The summed E-state index contributed by atoms with van der Waals surface area (Å²) in [5.41, 5.74) is 3.81. The third-order valence-corrected chi connectivity index (χ3v) is 5.53. The van der Waals surface area contributed by atoms with Crippen LogP contribution < -0.4 is 5.30 Å². The lowest BCUT2D eigenvalue weighted by molar-refractivity contribution is 0.195. The molecule has 0 bridgehead atoms. The minimum atomic E-state index is 0.728. The maximum atomic E-state index is 5.15. The quantitative estimate of drug-likeness (QED) is 0.505. The minimum Gasteiger partial charge on any atom is -0.385 e. The number of thiazole rings is 1. The summed E-state index contributed by atoms with van der Waals surface area (Å²) >= 11 is 1.84. The zero-order valence-electron chi connectivity index (χ0n) is 14.7. The van der Waals surface area contributed by atoms with Crippen molar-refractivity contribution in [2.24, 2.45) is 5.92 Å². The van der Waals surface area contributed by atoms with Crippen LogP contribution in [-0.2, 0) is 17.6 Å². The van der Waals surface area contributed by atoms with E-state index in [0.717, 1.165) is 36.8 Å². The molecule has 0 amide bonds. The van der Waals surface area contributed by atoms with E-state index < -0.39 is 0 Å². The van der Waals surface area contributed by atoms with E-state index >= 15 is 0 Å². The Bertz CT molecular complexity index is 636. The number of aromatic nitrogens is 1. The standard InChI is InChI=1S/C19H28NOPS/c1-13(2)7-10-18-19(20-14(3)23-18)16-9-8-15(17(22)12-16)6-5-11-21-4/h8-9,12-13H,5-7,10-11,22H2,1-4H3. The van der Waals surface area contributed by atoms with Gasteiger partial charge in [0.05, 0.1) is 10.7 Å². The van der Waals surface area contributed by atoms with E-state index in [4.69, 9.17) is 9.72 Å². The van der Waals surface area contributed by atoms with Crippen molar-refractivity contribution < 1.29 is 4.74 Å². The van der Waals surface area contributed by atoms with E-state index in [1.807, 2.05) is 11.3 Å². The summed E-state index contributed by atoms with van der Waals surface area (Å²) in [5, 5.41) is 2.44. The number of rotatable bonds is 8. The molecule has 0 saturated heterocycles. The summed E-state index contributed by atoms with van der Waals surface area (Å²) in [7, 11) is 4.64. The van der Waals surface area contributed by atoms with Gasteiger partial charge in [0.1, 0.15) is 0 Å². The fourth-order valence-electron chi connectivity index (χ4n) is 2.66. The average Bonchev–Trinajstić information content (AvgIpc) is 2.88. The molecule has 0 N–H and O–H groups in total. The van der Waals surface area contributed by atoms with E-state index in [-0.39, 0.29) is 0 Å². The van der Waals surface area contributed by atoms with Crippen LogP contribution in [0.15, 0.2) is 18.2 Å². The average molecular weight is 349 g/mol. The highest BCUT2D eigenvalue weighted by Gasteiger charge is 2.13. The number of aryl methyl sites for hydroxylation is 3. The van der Waals surface area contributed by atoms with Crippen LogP contribution in [0.25, 0.3) is 11.3 Å². The summed E-state index contributed by atoms with van der Waals surface area (Å²) < 4.78 is 5.15. The zero-order chi connectivity index (χ0) is 16.8. The smallest absolute Gasteiger partial charge is 0.0904 e. The molecule has 0 aliphatic heterocycles. The van der Waals surface area contributed by atoms with Gasteiger partial charge in [-0.15, -0.1) is 20.6 Å². The van der Waals surface area contributed by atoms with E-state index in [0.29, 0.717) is 0 Å². The molecule has 1 atom stereocenters.